The number of nitrogens with one attached hydrogen (secondary N) is 1. The number of aromatic nitrogens is 2. The summed E-state index contributed by atoms with van der Waals surface area (Å²) < 4.78 is 5.49. The van der Waals surface area contributed by atoms with Crippen LogP contribution in [0.3, 0.4) is 0 Å². The Morgan fingerprint density at radius 2 is 2.24 bits per heavy atom. The number of anilines is 2. The molecule has 7 heteroatoms. The number of carbonyl (C=O) groups excluding carboxylic acids is 1. The zero-order chi connectivity index (χ0) is 17.9. The maximum atomic E-state index is 12.3. The molecule has 0 bridgehead atoms. The van der Waals surface area contributed by atoms with E-state index in [9.17, 15) is 4.79 Å². The lowest BCUT2D eigenvalue weighted by molar-refractivity contribution is 0.0197. The SMILES string of the molecule is CC(C)(C)OC(=O)N1CCCC(c2csc(Nc3ccccn3)n2)C1. The third-order valence-electron chi connectivity index (χ3n) is 3.91. The van der Waals surface area contributed by atoms with Crippen LogP contribution < -0.4 is 5.32 Å². The van der Waals surface area contributed by atoms with Gasteiger partial charge in [0, 0.05) is 30.6 Å². The van der Waals surface area contributed by atoms with Crippen LogP contribution in [0.15, 0.2) is 29.8 Å². The van der Waals surface area contributed by atoms with E-state index in [0.717, 1.165) is 36.0 Å². The number of rotatable bonds is 3. The monoisotopic (exact) mass is 360 g/mol. The molecular formula is C18H24N4O2S. The lowest BCUT2D eigenvalue weighted by Gasteiger charge is -2.33. The van der Waals surface area contributed by atoms with E-state index in [2.05, 4.69) is 20.7 Å². The molecule has 1 unspecified atom stereocenters. The van der Waals surface area contributed by atoms with Crippen LogP contribution in [0.4, 0.5) is 15.7 Å². The molecule has 1 aliphatic rings. The van der Waals surface area contributed by atoms with Gasteiger partial charge in [-0.25, -0.2) is 14.8 Å². The summed E-state index contributed by atoms with van der Waals surface area (Å²) in [5.74, 6) is 1.03. The van der Waals surface area contributed by atoms with E-state index in [-0.39, 0.29) is 12.0 Å². The molecule has 0 spiro atoms. The molecule has 3 rings (SSSR count). The van der Waals surface area contributed by atoms with Crippen LogP contribution in [0.1, 0.15) is 45.2 Å². The summed E-state index contributed by atoms with van der Waals surface area (Å²) in [5, 5.41) is 6.11. The van der Waals surface area contributed by atoms with Crippen molar-refractivity contribution in [2.24, 2.45) is 0 Å². The van der Waals surface area contributed by atoms with Gasteiger partial charge in [0.15, 0.2) is 5.13 Å². The van der Waals surface area contributed by atoms with E-state index < -0.39 is 5.60 Å². The normalized spacial score (nSPS) is 18.0. The summed E-state index contributed by atoms with van der Waals surface area (Å²) in [6.07, 6.45) is 3.51. The highest BCUT2D eigenvalue weighted by molar-refractivity contribution is 7.13. The summed E-state index contributed by atoms with van der Waals surface area (Å²) in [5.41, 5.74) is 0.557. The van der Waals surface area contributed by atoms with Crippen molar-refractivity contribution < 1.29 is 9.53 Å². The van der Waals surface area contributed by atoms with Gasteiger partial charge in [0.05, 0.1) is 5.69 Å². The molecule has 1 fully saturated rings. The van der Waals surface area contributed by atoms with Gasteiger partial charge in [0.1, 0.15) is 11.4 Å². The molecule has 2 aromatic rings. The fourth-order valence-corrected chi connectivity index (χ4v) is 3.59. The van der Waals surface area contributed by atoms with Crippen molar-refractivity contribution in [2.45, 2.75) is 45.1 Å². The molecule has 25 heavy (non-hydrogen) atoms. The molecular weight excluding hydrogens is 336 g/mol. The van der Waals surface area contributed by atoms with Gasteiger partial charge >= 0.3 is 6.09 Å². The van der Waals surface area contributed by atoms with Gasteiger partial charge in [-0.1, -0.05) is 6.07 Å². The van der Waals surface area contributed by atoms with Gasteiger partial charge in [-0.05, 0) is 45.7 Å². The van der Waals surface area contributed by atoms with Crippen LogP contribution in [0.25, 0.3) is 0 Å². The quantitative estimate of drug-likeness (QED) is 0.879. The van der Waals surface area contributed by atoms with Gasteiger partial charge in [0.25, 0.3) is 0 Å². The van der Waals surface area contributed by atoms with E-state index in [1.807, 2.05) is 39.0 Å². The van der Waals surface area contributed by atoms with E-state index in [1.54, 1.807) is 22.4 Å². The number of likely N-dealkylation sites (tertiary alicyclic amines) is 1. The number of carbonyl (C=O) groups is 1. The topological polar surface area (TPSA) is 67.3 Å². The van der Waals surface area contributed by atoms with Crippen LogP contribution in [0, 0.1) is 0 Å². The Balaban J connectivity index is 1.63. The van der Waals surface area contributed by atoms with E-state index in [4.69, 9.17) is 4.74 Å². The minimum Gasteiger partial charge on any atom is -0.444 e. The number of amides is 1. The maximum Gasteiger partial charge on any atom is 0.410 e. The average molecular weight is 360 g/mol. The van der Waals surface area contributed by atoms with Crippen LogP contribution >= 0.6 is 11.3 Å². The van der Waals surface area contributed by atoms with Gasteiger partial charge in [-0.15, -0.1) is 11.3 Å². The highest BCUT2D eigenvalue weighted by Gasteiger charge is 2.29. The lowest BCUT2D eigenvalue weighted by atomic mass is 9.96. The second kappa shape index (κ2) is 7.39. The molecule has 1 aliphatic heterocycles. The van der Waals surface area contributed by atoms with Crippen molar-refractivity contribution in [3.05, 3.63) is 35.5 Å². The molecule has 0 saturated carbocycles. The number of nitrogens with zero attached hydrogens (tertiary/aromatic N) is 3. The molecule has 3 heterocycles. The van der Waals surface area contributed by atoms with E-state index in [0.29, 0.717) is 6.54 Å². The van der Waals surface area contributed by atoms with Crippen LogP contribution in [0.5, 0.6) is 0 Å². The maximum absolute atomic E-state index is 12.3. The second-order valence-electron chi connectivity index (χ2n) is 7.18. The van der Waals surface area contributed by atoms with Crippen molar-refractivity contribution in [3.8, 4) is 0 Å². The summed E-state index contributed by atoms with van der Waals surface area (Å²) in [6.45, 7) is 7.07. The fourth-order valence-electron chi connectivity index (χ4n) is 2.79. The predicted molar refractivity (Wildman–Crippen MR) is 99.4 cm³/mol. The molecule has 0 aliphatic carbocycles. The lowest BCUT2D eigenvalue weighted by Crippen LogP contribution is -2.42. The van der Waals surface area contributed by atoms with Gasteiger partial charge in [0.2, 0.25) is 0 Å². The number of piperidine rings is 1. The zero-order valence-electron chi connectivity index (χ0n) is 14.9. The fraction of sp³-hybridized carbons (Fsp3) is 0.500. The molecule has 0 radical (unpaired) electrons. The standard InChI is InChI=1S/C18H24N4O2S/c1-18(2,3)24-17(23)22-10-6-7-13(11-22)14-12-25-16(20-14)21-15-8-4-5-9-19-15/h4-5,8-9,12-13H,6-7,10-11H2,1-3H3,(H,19,20,21). The Kier molecular flexibility index (Phi) is 5.22. The first kappa shape index (κ1) is 17.7. The predicted octanol–water partition coefficient (Wildman–Crippen LogP) is 4.40. The van der Waals surface area contributed by atoms with Crippen molar-refractivity contribution in [2.75, 3.05) is 18.4 Å². The summed E-state index contributed by atoms with van der Waals surface area (Å²) >= 11 is 1.56. The van der Waals surface area contributed by atoms with Gasteiger partial charge in [-0.2, -0.15) is 0 Å². The smallest absolute Gasteiger partial charge is 0.410 e. The van der Waals surface area contributed by atoms with Crippen molar-refractivity contribution in [1.82, 2.24) is 14.9 Å². The van der Waals surface area contributed by atoms with Crippen LogP contribution in [-0.2, 0) is 4.74 Å². The van der Waals surface area contributed by atoms with Gasteiger partial charge < -0.3 is 15.0 Å². The highest BCUT2D eigenvalue weighted by atomic mass is 32.1. The molecule has 1 N–H and O–H groups in total. The zero-order valence-corrected chi connectivity index (χ0v) is 15.7. The number of hydrogen-bond acceptors (Lipinski definition) is 6. The Bertz CT molecular complexity index is 711. The largest absolute Gasteiger partial charge is 0.444 e. The van der Waals surface area contributed by atoms with Gasteiger partial charge in [-0.3, -0.25) is 0 Å². The first-order valence-electron chi connectivity index (χ1n) is 8.52. The Labute approximate surface area is 152 Å². The summed E-state index contributed by atoms with van der Waals surface area (Å²) in [6, 6.07) is 5.72. The minimum atomic E-state index is -0.468. The van der Waals surface area contributed by atoms with E-state index >= 15 is 0 Å². The van der Waals surface area contributed by atoms with Crippen LogP contribution in [-0.4, -0.2) is 39.7 Å². The molecule has 1 atom stereocenters. The molecule has 1 amide bonds. The molecule has 1 saturated heterocycles. The third kappa shape index (κ3) is 4.92. The molecule has 6 nitrogen and oxygen atoms in total. The average Bonchev–Trinajstić information content (AvgIpc) is 3.03. The summed E-state index contributed by atoms with van der Waals surface area (Å²) in [7, 11) is 0. The molecule has 2 aromatic heterocycles. The first-order chi connectivity index (χ1) is 11.9. The Hall–Kier alpha value is -2.15. The number of hydrogen-bond donors (Lipinski definition) is 1. The first-order valence-corrected chi connectivity index (χ1v) is 9.40. The van der Waals surface area contributed by atoms with Crippen molar-refractivity contribution >= 4 is 28.4 Å². The second-order valence-corrected chi connectivity index (χ2v) is 8.04. The van der Waals surface area contributed by atoms with E-state index in [1.165, 1.54) is 0 Å². The summed E-state index contributed by atoms with van der Waals surface area (Å²) in [4.78, 5) is 23.0. The third-order valence-corrected chi connectivity index (χ3v) is 4.69. The Morgan fingerprint density at radius 3 is 2.96 bits per heavy atom. The van der Waals surface area contributed by atoms with Crippen LogP contribution in [0.2, 0.25) is 0 Å². The number of thiazole rings is 1. The number of pyridine rings is 1. The molecule has 134 valence electrons. The highest BCUT2D eigenvalue weighted by Crippen LogP contribution is 2.31. The Morgan fingerprint density at radius 1 is 1.40 bits per heavy atom. The minimum absolute atomic E-state index is 0.237. The number of ether oxygens (including phenoxy) is 1. The molecule has 0 aromatic carbocycles. The van der Waals surface area contributed by atoms with Crippen molar-refractivity contribution in [3.63, 3.8) is 0 Å². The van der Waals surface area contributed by atoms with Crippen molar-refractivity contribution in [1.29, 1.82) is 0 Å².